The molecule has 2 amide bonds. The molecule has 0 fully saturated rings. The standard InChI is InChI=1S/C13H18N2O2/c1-9(12(16)14-2)11(13(17)15-3)10-7-5-4-6-8-10/h4-9,11H,1-3H3,(H,14,16)(H,15,17)/t9-,11-/m1/s1. The van der Waals surface area contributed by atoms with Crippen LogP contribution in [-0.2, 0) is 9.59 Å². The molecule has 17 heavy (non-hydrogen) atoms. The Morgan fingerprint density at radius 2 is 1.53 bits per heavy atom. The quantitative estimate of drug-likeness (QED) is 0.813. The first-order chi connectivity index (χ1) is 8.11. The zero-order valence-electron chi connectivity index (χ0n) is 10.4. The molecule has 4 nitrogen and oxygen atoms in total. The minimum atomic E-state index is -0.457. The zero-order chi connectivity index (χ0) is 12.8. The molecule has 0 unspecified atom stereocenters. The molecule has 0 aromatic heterocycles. The highest BCUT2D eigenvalue weighted by molar-refractivity contribution is 5.90. The number of nitrogens with one attached hydrogen (secondary N) is 2. The second-order valence-corrected chi connectivity index (χ2v) is 3.91. The van der Waals surface area contributed by atoms with E-state index in [0.717, 1.165) is 5.56 Å². The molecule has 0 saturated carbocycles. The summed E-state index contributed by atoms with van der Waals surface area (Å²) in [5.41, 5.74) is 0.850. The van der Waals surface area contributed by atoms with Crippen LogP contribution in [0, 0.1) is 5.92 Å². The first-order valence-corrected chi connectivity index (χ1v) is 5.60. The van der Waals surface area contributed by atoms with Gasteiger partial charge in [-0.1, -0.05) is 37.3 Å². The van der Waals surface area contributed by atoms with Crippen molar-refractivity contribution in [3.8, 4) is 0 Å². The Hall–Kier alpha value is -1.84. The van der Waals surface area contributed by atoms with E-state index in [1.807, 2.05) is 30.3 Å². The summed E-state index contributed by atoms with van der Waals surface area (Å²) in [5.74, 6) is -1.14. The average Bonchev–Trinajstić information content (AvgIpc) is 2.38. The monoisotopic (exact) mass is 234 g/mol. The van der Waals surface area contributed by atoms with Crippen LogP contribution in [0.4, 0.5) is 0 Å². The first kappa shape index (κ1) is 13.2. The fraction of sp³-hybridized carbons (Fsp3) is 0.385. The third kappa shape index (κ3) is 3.06. The van der Waals surface area contributed by atoms with E-state index in [4.69, 9.17) is 0 Å². The summed E-state index contributed by atoms with van der Waals surface area (Å²) in [4.78, 5) is 23.5. The van der Waals surface area contributed by atoms with Crippen LogP contribution in [0.25, 0.3) is 0 Å². The highest BCUT2D eigenvalue weighted by atomic mass is 16.2. The van der Waals surface area contributed by atoms with Crippen molar-refractivity contribution >= 4 is 11.8 Å². The smallest absolute Gasteiger partial charge is 0.228 e. The van der Waals surface area contributed by atoms with E-state index in [2.05, 4.69) is 10.6 Å². The van der Waals surface area contributed by atoms with Gasteiger partial charge in [0.1, 0.15) is 0 Å². The SMILES string of the molecule is CNC(=O)[C@H](C)[C@@H](C(=O)NC)c1ccccc1. The van der Waals surface area contributed by atoms with Crippen LogP contribution in [0.3, 0.4) is 0 Å². The van der Waals surface area contributed by atoms with Crippen molar-refractivity contribution in [2.24, 2.45) is 5.92 Å². The van der Waals surface area contributed by atoms with Crippen molar-refractivity contribution < 1.29 is 9.59 Å². The Balaban J connectivity index is 3.05. The highest BCUT2D eigenvalue weighted by Crippen LogP contribution is 2.24. The maximum Gasteiger partial charge on any atom is 0.228 e. The van der Waals surface area contributed by atoms with Gasteiger partial charge in [0.15, 0.2) is 0 Å². The Morgan fingerprint density at radius 3 is 2.00 bits per heavy atom. The van der Waals surface area contributed by atoms with E-state index in [1.165, 1.54) is 0 Å². The molecule has 0 radical (unpaired) electrons. The summed E-state index contributed by atoms with van der Waals surface area (Å²) < 4.78 is 0. The normalized spacial score (nSPS) is 13.6. The third-order valence-corrected chi connectivity index (χ3v) is 2.85. The van der Waals surface area contributed by atoms with Gasteiger partial charge in [0, 0.05) is 14.1 Å². The predicted molar refractivity (Wildman–Crippen MR) is 66.5 cm³/mol. The highest BCUT2D eigenvalue weighted by Gasteiger charge is 2.30. The molecule has 0 bridgehead atoms. The summed E-state index contributed by atoms with van der Waals surface area (Å²) in [6, 6.07) is 9.33. The summed E-state index contributed by atoms with van der Waals surface area (Å²) in [6.45, 7) is 1.76. The fourth-order valence-electron chi connectivity index (χ4n) is 1.86. The van der Waals surface area contributed by atoms with Crippen LogP contribution in [0.5, 0.6) is 0 Å². The van der Waals surface area contributed by atoms with Crippen LogP contribution in [0.1, 0.15) is 18.4 Å². The lowest BCUT2D eigenvalue weighted by atomic mass is 9.86. The molecule has 1 aromatic carbocycles. The zero-order valence-corrected chi connectivity index (χ0v) is 10.4. The number of likely N-dealkylation sites (N-methyl/N-ethyl adjacent to an activating group) is 1. The number of carbonyl (C=O) groups excluding carboxylic acids is 2. The maximum absolute atomic E-state index is 11.9. The van der Waals surface area contributed by atoms with Gasteiger partial charge in [0.2, 0.25) is 11.8 Å². The molecule has 2 atom stereocenters. The molecular formula is C13H18N2O2. The lowest BCUT2D eigenvalue weighted by Gasteiger charge is -2.21. The van der Waals surface area contributed by atoms with Gasteiger partial charge in [-0.3, -0.25) is 9.59 Å². The molecule has 1 rings (SSSR count). The van der Waals surface area contributed by atoms with Crippen LogP contribution in [0.15, 0.2) is 30.3 Å². The molecule has 1 aromatic rings. The van der Waals surface area contributed by atoms with Gasteiger partial charge in [-0.05, 0) is 5.56 Å². The minimum absolute atomic E-state index is 0.137. The Labute approximate surface area is 101 Å². The Morgan fingerprint density at radius 1 is 1.00 bits per heavy atom. The van der Waals surface area contributed by atoms with Gasteiger partial charge >= 0.3 is 0 Å². The van der Waals surface area contributed by atoms with Crippen molar-refractivity contribution in [3.63, 3.8) is 0 Å². The number of amides is 2. The molecule has 0 aliphatic carbocycles. The Bertz CT molecular complexity index is 390. The van der Waals surface area contributed by atoms with Crippen molar-refractivity contribution in [2.75, 3.05) is 14.1 Å². The molecular weight excluding hydrogens is 216 g/mol. The number of hydrogen-bond donors (Lipinski definition) is 2. The van der Waals surface area contributed by atoms with Crippen LogP contribution < -0.4 is 10.6 Å². The summed E-state index contributed by atoms with van der Waals surface area (Å²) in [5, 5.41) is 5.18. The maximum atomic E-state index is 11.9. The molecule has 0 aliphatic heterocycles. The average molecular weight is 234 g/mol. The number of carbonyl (C=O) groups is 2. The predicted octanol–water partition coefficient (Wildman–Crippen LogP) is 0.898. The summed E-state index contributed by atoms with van der Waals surface area (Å²) in [7, 11) is 3.15. The molecule has 0 spiro atoms. The second kappa shape index (κ2) is 6.03. The molecule has 0 heterocycles. The van der Waals surface area contributed by atoms with Crippen LogP contribution in [0.2, 0.25) is 0 Å². The summed E-state index contributed by atoms with van der Waals surface area (Å²) in [6.07, 6.45) is 0. The molecule has 0 saturated heterocycles. The van der Waals surface area contributed by atoms with E-state index in [9.17, 15) is 9.59 Å². The van der Waals surface area contributed by atoms with Crippen LogP contribution in [-0.4, -0.2) is 25.9 Å². The third-order valence-electron chi connectivity index (χ3n) is 2.85. The number of hydrogen-bond acceptors (Lipinski definition) is 2. The van der Waals surface area contributed by atoms with E-state index in [1.54, 1.807) is 21.0 Å². The second-order valence-electron chi connectivity index (χ2n) is 3.91. The fourth-order valence-corrected chi connectivity index (χ4v) is 1.86. The largest absolute Gasteiger partial charge is 0.359 e. The molecule has 2 N–H and O–H groups in total. The van der Waals surface area contributed by atoms with Gasteiger partial charge in [-0.25, -0.2) is 0 Å². The lowest BCUT2D eigenvalue weighted by Crippen LogP contribution is -2.37. The molecule has 4 heteroatoms. The van der Waals surface area contributed by atoms with Gasteiger partial charge in [-0.15, -0.1) is 0 Å². The van der Waals surface area contributed by atoms with E-state index < -0.39 is 11.8 Å². The van der Waals surface area contributed by atoms with Gasteiger partial charge < -0.3 is 10.6 Å². The topological polar surface area (TPSA) is 58.2 Å². The minimum Gasteiger partial charge on any atom is -0.359 e. The molecule has 0 aliphatic rings. The van der Waals surface area contributed by atoms with Gasteiger partial charge in [0.05, 0.1) is 11.8 Å². The van der Waals surface area contributed by atoms with E-state index in [-0.39, 0.29) is 11.8 Å². The van der Waals surface area contributed by atoms with E-state index in [0.29, 0.717) is 0 Å². The Kier molecular flexibility index (Phi) is 4.69. The van der Waals surface area contributed by atoms with Crippen LogP contribution >= 0.6 is 0 Å². The van der Waals surface area contributed by atoms with Crippen molar-refractivity contribution in [2.45, 2.75) is 12.8 Å². The number of rotatable bonds is 4. The van der Waals surface area contributed by atoms with Crippen molar-refractivity contribution in [1.82, 2.24) is 10.6 Å². The van der Waals surface area contributed by atoms with Crippen molar-refractivity contribution in [1.29, 1.82) is 0 Å². The van der Waals surface area contributed by atoms with Gasteiger partial charge in [0.25, 0.3) is 0 Å². The lowest BCUT2D eigenvalue weighted by molar-refractivity contribution is -0.130. The van der Waals surface area contributed by atoms with Crippen molar-refractivity contribution in [3.05, 3.63) is 35.9 Å². The molecule has 92 valence electrons. The first-order valence-electron chi connectivity index (χ1n) is 5.60. The van der Waals surface area contributed by atoms with E-state index >= 15 is 0 Å². The van der Waals surface area contributed by atoms with Gasteiger partial charge in [-0.2, -0.15) is 0 Å². The number of benzene rings is 1. The summed E-state index contributed by atoms with van der Waals surface area (Å²) >= 11 is 0.